The molecule has 0 atom stereocenters. The van der Waals surface area contributed by atoms with Gasteiger partial charge < -0.3 is 20.4 Å². The van der Waals surface area contributed by atoms with E-state index in [-0.39, 0.29) is 29.9 Å². The average Bonchev–Trinajstić information content (AvgIpc) is 2.82. The van der Waals surface area contributed by atoms with Crippen molar-refractivity contribution in [2.24, 2.45) is 4.99 Å². The first-order chi connectivity index (χ1) is 14.7. The number of benzene rings is 1. The summed E-state index contributed by atoms with van der Waals surface area (Å²) >= 11 is 0. The maximum absolute atomic E-state index is 12.5. The number of amides is 1. The molecule has 0 spiro atoms. The molecule has 1 aromatic heterocycles. The monoisotopic (exact) mass is 537 g/mol. The van der Waals surface area contributed by atoms with Gasteiger partial charge in [-0.05, 0) is 23.6 Å². The van der Waals surface area contributed by atoms with E-state index in [0.29, 0.717) is 38.6 Å². The van der Waals surface area contributed by atoms with Crippen LogP contribution in [0.25, 0.3) is 0 Å². The second kappa shape index (κ2) is 13.1. The summed E-state index contributed by atoms with van der Waals surface area (Å²) in [7, 11) is 1.74. The van der Waals surface area contributed by atoms with Gasteiger partial charge in [0.25, 0.3) is 0 Å². The van der Waals surface area contributed by atoms with Crippen LogP contribution in [0, 0.1) is 0 Å². The fourth-order valence-corrected chi connectivity index (χ4v) is 3.53. The molecule has 1 aromatic carbocycles. The molecule has 1 aliphatic heterocycles. The number of aliphatic imine (C=N–C) groups is 1. The maximum Gasteiger partial charge on any atom is 0.225 e. The molecule has 0 aliphatic carbocycles. The SMILES string of the molecule is CCc1ccccc1CNC(=NC)NCCC(=O)N1CCN(c2ncccn2)CC1.I. The van der Waals surface area contributed by atoms with E-state index >= 15 is 0 Å². The van der Waals surface area contributed by atoms with Crippen molar-refractivity contribution in [2.45, 2.75) is 26.3 Å². The van der Waals surface area contributed by atoms with Gasteiger partial charge in [-0.15, -0.1) is 24.0 Å². The van der Waals surface area contributed by atoms with Crippen molar-refractivity contribution in [2.75, 3.05) is 44.7 Å². The molecule has 2 aromatic rings. The molecule has 8 nitrogen and oxygen atoms in total. The quantitative estimate of drug-likeness (QED) is 0.320. The van der Waals surface area contributed by atoms with Crippen LogP contribution >= 0.6 is 24.0 Å². The number of aryl methyl sites for hydroxylation is 1. The summed E-state index contributed by atoms with van der Waals surface area (Å²) in [6, 6.07) is 10.2. The minimum atomic E-state index is 0. The molecule has 2 heterocycles. The Balaban J connectivity index is 0.00000341. The molecule has 1 amide bonds. The topological polar surface area (TPSA) is 85.8 Å². The Bertz CT molecular complexity index is 839. The molecular formula is C22H32IN7O. The Hall–Kier alpha value is -2.43. The Kier molecular flexibility index (Phi) is 10.5. The summed E-state index contributed by atoms with van der Waals surface area (Å²) in [5.41, 5.74) is 2.59. The smallest absolute Gasteiger partial charge is 0.225 e. The van der Waals surface area contributed by atoms with Crippen molar-refractivity contribution >= 4 is 41.8 Å². The van der Waals surface area contributed by atoms with Crippen molar-refractivity contribution in [3.05, 3.63) is 53.9 Å². The van der Waals surface area contributed by atoms with E-state index in [1.54, 1.807) is 19.4 Å². The minimum Gasteiger partial charge on any atom is -0.356 e. The van der Waals surface area contributed by atoms with Gasteiger partial charge in [-0.1, -0.05) is 31.2 Å². The lowest BCUT2D eigenvalue weighted by Gasteiger charge is -2.34. The highest BCUT2D eigenvalue weighted by molar-refractivity contribution is 14.0. The molecule has 0 saturated carbocycles. The van der Waals surface area contributed by atoms with Gasteiger partial charge in [0.15, 0.2) is 5.96 Å². The Morgan fingerprint density at radius 1 is 1.03 bits per heavy atom. The van der Waals surface area contributed by atoms with Crippen LogP contribution in [-0.4, -0.2) is 66.5 Å². The largest absolute Gasteiger partial charge is 0.356 e. The third-order valence-corrected chi connectivity index (χ3v) is 5.27. The summed E-state index contributed by atoms with van der Waals surface area (Å²) in [6.07, 6.45) is 4.93. The predicted octanol–water partition coefficient (Wildman–Crippen LogP) is 2.06. The number of guanidine groups is 1. The van der Waals surface area contributed by atoms with Crippen LogP contribution in [0.3, 0.4) is 0 Å². The van der Waals surface area contributed by atoms with E-state index in [1.807, 2.05) is 11.0 Å². The van der Waals surface area contributed by atoms with E-state index in [4.69, 9.17) is 0 Å². The number of hydrogen-bond acceptors (Lipinski definition) is 5. The normalized spacial score (nSPS) is 14.1. The number of hydrogen-bond donors (Lipinski definition) is 2. The van der Waals surface area contributed by atoms with Crippen LogP contribution in [0.4, 0.5) is 5.95 Å². The Labute approximate surface area is 201 Å². The molecule has 3 rings (SSSR count). The summed E-state index contributed by atoms with van der Waals surface area (Å²) in [5.74, 6) is 1.59. The molecule has 1 fully saturated rings. The first-order valence-electron chi connectivity index (χ1n) is 10.5. The lowest BCUT2D eigenvalue weighted by molar-refractivity contribution is -0.131. The van der Waals surface area contributed by atoms with E-state index in [1.165, 1.54) is 11.1 Å². The molecule has 31 heavy (non-hydrogen) atoms. The van der Waals surface area contributed by atoms with Gasteiger partial charge >= 0.3 is 0 Å². The Morgan fingerprint density at radius 3 is 2.35 bits per heavy atom. The maximum atomic E-state index is 12.5. The molecule has 0 bridgehead atoms. The van der Waals surface area contributed by atoms with Crippen LogP contribution in [-0.2, 0) is 17.8 Å². The van der Waals surface area contributed by atoms with Gasteiger partial charge in [0.1, 0.15) is 0 Å². The predicted molar refractivity (Wildman–Crippen MR) is 135 cm³/mol. The van der Waals surface area contributed by atoms with Crippen LogP contribution in [0.2, 0.25) is 0 Å². The van der Waals surface area contributed by atoms with Crippen molar-refractivity contribution in [1.82, 2.24) is 25.5 Å². The number of carbonyl (C=O) groups is 1. The number of piperazine rings is 1. The van der Waals surface area contributed by atoms with Crippen molar-refractivity contribution in [1.29, 1.82) is 0 Å². The standard InChI is InChI=1S/C22H31N7O.HI/c1-3-18-7-4-5-8-19(18)17-27-21(23-2)24-12-9-20(30)28-13-15-29(16-14-28)22-25-10-6-11-26-22;/h4-8,10-11H,3,9,12-17H2,1-2H3,(H2,23,24,27);1H. The third kappa shape index (κ3) is 7.34. The zero-order chi connectivity index (χ0) is 21.2. The van der Waals surface area contributed by atoms with Crippen LogP contribution in [0.5, 0.6) is 0 Å². The number of carbonyl (C=O) groups excluding carboxylic acids is 1. The van der Waals surface area contributed by atoms with Gasteiger partial charge in [0.2, 0.25) is 11.9 Å². The lowest BCUT2D eigenvalue weighted by Crippen LogP contribution is -2.50. The van der Waals surface area contributed by atoms with Gasteiger partial charge in [-0.2, -0.15) is 0 Å². The van der Waals surface area contributed by atoms with Gasteiger partial charge in [0, 0.05) is 65.1 Å². The molecule has 9 heteroatoms. The molecule has 1 saturated heterocycles. The highest BCUT2D eigenvalue weighted by Gasteiger charge is 2.22. The second-order valence-electron chi connectivity index (χ2n) is 7.14. The van der Waals surface area contributed by atoms with Crippen molar-refractivity contribution in [3.63, 3.8) is 0 Å². The van der Waals surface area contributed by atoms with Crippen molar-refractivity contribution in [3.8, 4) is 0 Å². The highest BCUT2D eigenvalue weighted by Crippen LogP contribution is 2.11. The zero-order valence-corrected chi connectivity index (χ0v) is 20.6. The van der Waals surface area contributed by atoms with Crippen LogP contribution in [0.1, 0.15) is 24.5 Å². The van der Waals surface area contributed by atoms with Crippen LogP contribution < -0.4 is 15.5 Å². The van der Waals surface area contributed by atoms with E-state index in [0.717, 1.165) is 25.5 Å². The number of nitrogens with zero attached hydrogens (tertiary/aromatic N) is 5. The second-order valence-corrected chi connectivity index (χ2v) is 7.14. The van der Waals surface area contributed by atoms with Crippen LogP contribution in [0.15, 0.2) is 47.7 Å². The molecule has 0 unspecified atom stereocenters. The molecule has 0 radical (unpaired) electrons. The number of halogens is 1. The van der Waals surface area contributed by atoms with Gasteiger partial charge in [-0.25, -0.2) is 9.97 Å². The van der Waals surface area contributed by atoms with Gasteiger partial charge in [0.05, 0.1) is 0 Å². The van der Waals surface area contributed by atoms with Crippen molar-refractivity contribution < 1.29 is 4.79 Å². The number of nitrogens with one attached hydrogen (secondary N) is 2. The summed E-state index contributed by atoms with van der Waals surface area (Å²) in [5, 5.41) is 6.57. The van der Waals surface area contributed by atoms with E-state index < -0.39 is 0 Å². The lowest BCUT2D eigenvalue weighted by atomic mass is 10.1. The number of anilines is 1. The number of rotatable bonds is 7. The minimum absolute atomic E-state index is 0. The molecular weight excluding hydrogens is 505 g/mol. The fourth-order valence-electron chi connectivity index (χ4n) is 3.53. The highest BCUT2D eigenvalue weighted by atomic mass is 127. The first-order valence-corrected chi connectivity index (χ1v) is 10.5. The first kappa shape index (κ1) is 24.8. The molecule has 2 N–H and O–H groups in total. The summed E-state index contributed by atoms with van der Waals surface area (Å²) in [4.78, 5) is 29.4. The van der Waals surface area contributed by atoms with Gasteiger partial charge in [-0.3, -0.25) is 9.79 Å². The molecule has 168 valence electrons. The van der Waals surface area contributed by atoms with E-state index in [9.17, 15) is 4.79 Å². The zero-order valence-electron chi connectivity index (χ0n) is 18.3. The average molecular weight is 537 g/mol. The Morgan fingerprint density at radius 2 is 1.71 bits per heavy atom. The summed E-state index contributed by atoms with van der Waals surface area (Å²) in [6.45, 7) is 6.31. The summed E-state index contributed by atoms with van der Waals surface area (Å²) < 4.78 is 0. The third-order valence-electron chi connectivity index (χ3n) is 5.27. The number of aromatic nitrogens is 2. The fraction of sp³-hybridized carbons (Fsp3) is 0.455. The van der Waals surface area contributed by atoms with E-state index in [2.05, 4.69) is 61.7 Å². The molecule has 1 aliphatic rings.